The Hall–Kier alpha value is -2.92. The van der Waals surface area contributed by atoms with Crippen LogP contribution in [-0.4, -0.2) is 76.3 Å². The zero-order valence-corrected chi connectivity index (χ0v) is 21.3. The molecule has 11 heteroatoms. The van der Waals surface area contributed by atoms with Gasteiger partial charge in [0, 0.05) is 31.9 Å². The van der Waals surface area contributed by atoms with Gasteiger partial charge in [0.15, 0.2) is 4.87 Å². The van der Waals surface area contributed by atoms with Gasteiger partial charge in [0.1, 0.15) is 17.8 Å². The smallest absolute Gasteiger partial charge is 0.260 e. The molecule has 0 radical (unpaired) electrons. The van der Waals surface area contributed by atoms with E-state index in [0.717, 1.165) is 48.6 Å². The number of hydrazone groups is 1. The van der Waals surface area contributed by atoms with E-state index in [1.807, 2.05) is 33.2 Å². The van der Waals surface area contributed by atoms with Gasteiger partial charge in [-0.1, -0.05) is 0 Å². The van der Waals surface area contributed by atoms with Gasteiger partial charge in [-0.15, -0.1) is 0 Å². The number of amidine groups is 1. The van der Waals surface area contributed by atoms with Gasteiger partial charge in [-0.25, -0.2) is 13.4 Å². The van der Waals surface area contributed by atoms with Gasteiger partial charge < -0.3 is 15.5 Å². The van der Waals surface area contributed by atoms with Crippen molar-refractivity contribution in [3.63, 3.8) is 0 Å². The van der Waals surface area contributed by atoms with Gasteiger partial charge >= 0.3 is 0 Å². The normalized spacial score (nSPS) is 24.2. The molecule has 0 fully saturated rings. The molecule has 0 amide bonds. The maximum atomic E-state index is 13.3. The molecule has 2 atom stereocenters. The highest BCUT2D eigenvalue weighted by molar-refractivity contribution is 7.94. The lowest BCUT2D eigenvalue weighted by Crippen LogP contribution is -2.47. The lowest BCUT2D eigenvalue weighted by Gasteiger charge is -2.33. The third kappa shape index (κ3) is 4.54. The monoisotopic (exact) mass is 486 g/mol. The van der Waals surface area contributed by atoms with Crippen LogP contribution in [0.15, 0.2) is 50.7 Å². The summed E-state index contributed by atoms with van der Waals surface area (Å²) in [6, 6.07) is 7.36. The minimum absolute atomic E-state index is 0.166. The van der Waals surface area contributed by atoms with Gasteiger partial charge in [0.05, 0.1) is 17.0 Å². The van der Waals surface area contributed by atoms with Crippen LogP contribution in [0.4, 0.5) is 5.69 Å². The van der Waals surface area contributed by atoms with E-state index in [9.17, 15) is 8.42 Å². The molecule has 0 saturated carbocycles. The van der Waals surface area contributed by atoms with E-state index in [4.69, 9.17) is 4.99 Å². The van der Waals surface area contributed by atoms with Crippen LogP contribution in [0.3, 0.4) is 0 Å². The van der Waals surface area contributed by atoms with Gasteiger partial charge in [0.2, 0.25) is 0 Å². The average molecular weight is 487 g/mol. The molecule has 3 aliphatic rings. The van der Waals surface area contributed by atoms with Crippen molar-refractivity contribution in [2.75, 3.05) is 38.5 Å². The fourth-order valence-corrected chi connectivity index (χ4v) is 5.83. The Balaban J connectivity index is 1.57. The van der Waals surface area contributed by atoms with Crippen molar-refractivity contribution in [3.05, 3.63) is 41.2 Å². The van der Waals surface area contributed by atoms with Crippen molar-refractivity contribution in [2.24, 2.45) is 15.1 Å². The zero-order chi connectivity index (χ0) is 24.5. The lowest BCUT2D eigenvalue weighted by molar-refractivity contribution is 0.406. The van der Waals surface area contributed by atoms with Crippen LogP contribution in [0.1, 0.15) is 38.7 Å². The van der Waals surface area contributed by atoms with Crippen molar-refractivity contribution in [2.45, 2.75) is 44.1 Å². The molecular weight excluding hydrogens is 452 g/mol. The molecule has 4 rings (SSSR count). The second-order valence-corrected chi connectivity index (χ2v) is 11.6. The molecule has 0 spiro atoms. The predicted octanol–water partition coefficient (Wildman–Crippen LogP) is 1.44. The molecule has 1 aromatic carbocycles. The molecule has 0 bridgehead atoms. The SMILES string of the molecule is CC1=NNC2NC(c3ccc(N(C)S(=O)(=O)[C@]4(C)CCCC=N4)cc3)=NC(NCCN(C)C)=C12. The molecule has 0 aromatic heterocycles. The van der Waals surface area contributed by atoms with Gasteiger partial charge in [-0.2, -0.15) is 5.10 Å². The van der Waals surface area contributed by atoms with Gasteiger partial charge in [-0.3, -0.25) is 14.7 Å². The van der Waals surface area contributed by atoms with E-state index in [2.05, 4.69) is 31.1 Å². The topological polar surface area (TPSA) is 114 Å². The van der Waals surface area contributed by atoms with Crippen molar-refractivity contribution < 1.29 is 8.42 Å². The van der Waals surface area contributed by atoms with Crippen LogP contribution >= 0.6 is 0 Å². The number of fused-ring (bicyclic) bond motifs is 1. The summed E-state index contributed by atoms with van der Waals surface area (Å²) in [5, 5.41) is 11.2. The van der Waals surface area contributed by atoms with Crippen LogP contribution in [0, 0.1) is 0 Å². The van der Waals surface area contributed by atoms with Crippen molar-refractivity contribution in [3.8, 4) is 0 Å². The van der Waals surface area contributed by atoms with Gasteiger partial charge in [-0.05, 0) is 71.5 Å². The van der Waals surface area contributed by atoms with E-state index in [1.54, 1.807) is 32.3 Å². The first-order valence-electron chi connectivity index (χ1n) is 11.5. The van der Waals surface area contributed by atoms with E-state index >= 15 is 0 Å². The summed E-state index contributed by atoms with van der Waals surface area (Å²) in [6.07, 6.45) is 3.71. The number of benzene rings is 1. The molecule has 184 valence electrons. The summed E-state index contributed by atoms with van der Waals surface area (Å²) >= 11 is 0. The number of hydrogen-bond acceptors (Lipinski definition) is 9. The van der Waals surface area contributed by atoms with Crippen LogP contribution < -0.4 is 20.4 Å². The Labute approximate surface area is 202 Å². The number of aliphatic imine (C=N–C) groups is 2. The molecular formula is C23H34N8O2S. The number of nitrogens with one attached hydrogen (secondary N) is 3. The molecule has 0 saturated heterocycles. The molecule has 1 unspecified atom stereocenters. The number of anilines is 1. The predicted molar refractivity (Wildman–Crippen MR) is 138 cm³/mol. The maximum absolute atomic E-state index is 13.3. The molecule has 10 nitrogen and oxygen atoms in total. The van der Waals surface area contributed by atoms with Gasteiger partial charge in [0.25, 0.3) is 10.0 Å². The van der Waals surface area contributed by atoms with E-state index < -0.39 is 14.9 Å². The highest BCUT2D eigenvalue weighted by Crippen LogP contribution is 2.33. The fraction of sp³-hybridized carbons (Fsp3) is 0.522. The molecule has 0 aliphatic carbocycles. The van der Waals surface area contributed by atoms with Crippen LogP contribution in [-0.2, 0) is 10.0 Å². The molecule has 3 heterocycles. The minimum atomic E-state index is -3.65. The largest absolute Gasteiger partial charge is 0.368 e. The first-order chi connectivity index (χ1) is 16.1. The van der Waals surface area contributed by atoms with Crippen LogP contribution in [0.5, 0.6) is 0 Å². The first-order valence-corrected chi connectivity index (χ1v) is 13.0. The van der Waals surface area contributed by atoms with E-state index in [1.165, 1.54) is 4.31 Å². The van der Waals surface area contributed by atoms with Crippen molar-refractivity contribution >= 4 is 33.5 Å². The number of rotatable bonds is 8. The van der Waals surface area contributed by atoms with Crippen molar-refractivity contribution in [1.82, 2.24) is 21.0 Å². The Morgan fingerprint density at radius 3 is 2.59 bits per heavy atom. The summed E-state index contributed by atoms with van der Waals surface area (Å²) in [4.78, 5) is 10.1. The number of sulfonamides is 1. The summed E-state index contributed by atoms with van der Waals surface area (Å²) in [6.45, 7) is 5.28. The number of hydrogen-bond donors (Lipinski definition) is 3. The number of nitrogens with zero attached hydrogens (tertiary/aromatic N) is 5. The first kappa shape index (κ1) is 24.2. The lowest BCUT2D eigenvalue weighted by atomic mass is 10.1. The number of likely N-dealkylation sites (N-methyl/N-ethyl adjacent to an activating group) is 1. The standard InChI is InChI=1S/C23H34N8O2S/c1-16-19-21(24-14-15-30(3)4)26-20(27-22(19)29-28-16)17-8-10-18(11-9-17)31(5)34(32,33)23(2)12-6-7-13-25-23/h8-11,13,22,24,29H,6-7,12,14-15H2,1-5H3,(H,26,27)/t22?,23-/m1/s1. The minimum Gasteiger partial charge on any atom is -0.368 e. The Bertz CT molecular complexity index is 1150. The molecule has 3 N–H and O–H groups in total. The second-order valence-electron chi connectivity index (χ2n) is 9.25. The summed E-state index contributed by atoms with van der Waals surface area (Å²) in [5.74, 6) is 1.48. The Morgan fingerprint density at radius 1 is 1.21 bits per heavy atom. The van der Waals surface area contributed by atoms with Crippen LogP contribution in [0.25, 0.3) is 0 Å². The molecule has 34 heavy (non-hydrogen) atoms. The zero-order valence-electron chi connectivity index (χ0n) is 20.5. The van der Waals surface area contributed by atoms with E-state index in [0.29, 0.717) is 17.9 Å². The van der Waals surface area contributed by atoms with Crippen molar-refractivity contribution in [1.29, 1.82) is 0 Å². The molecule has 3 aliphatic heterocycles. The third-order valence-electron chi connectivity index (χ3n) is 6.41. The molecule has 1 aromatic rings. The van der Waals surface area contributed by atoms with E-state index in [-0.39, 0.29) is 6.17 Å². The third-order valence-corrected chi connectivity index (χ3v) is 8.76. The summed E-state index contributed by atoms with van der Waals surface area (Å²) < 4.78 is 27.9. The highest BCUT2D eigenvalue weighted by Gasteiger charge is 2.42. The summed E-state index contributed by atoms with van der Waals surface area (Å²) in [7, 11) is 1.99. The summed E-state index contributed by atoms with van der Waals surface area (Å²) in [5.41, 5.74) is 6.46. The fourth-order valence-electron chi connectivity index (χ4n) is 4.23. The second kappa shape index (κ2) is 9.38. The highest BCUT2D eigenvalue weighted by atomic mass is 32.2. The average Bonchev–Trinajstić information content (AvgIpc) is 3.19. The maximum Gasteiger partial charge on any atom is 0.260 e. The Kier molecular flexibility index (Phi) is 6.68. The van der Waals surface area contributed by atoms with Crippen LogP contribution in [0.2, 0.25) is 0 Å². The quantitative estimate of drug-likeness (QED) is 0.512. The Morgan fingerprint density at radius 2 is 1.94 bits per heavy atom.